The number of hydrogen-bond donors (Lipinski definition) is 3. The maximum absolute atomic E-state index is 9.75. The SMILES string of the molecule is CC(O)OP(=O)(O)O.[NaH].[NaH].[NaH].[NaH]. The summed E-state index contributed by atoms with van der Waals surface area (Å²) in [5.41, 5.74) is 0. The summed E-state index contributed by atoms with van der Waals surface area (Å²) >= 11 is 0. The normalized spacial score (nSPS) is 10.7. The fraction of sp³-hybridized carbons (Fsp3) is 1.00. The number of rotatable bonds is 2. The van der Waals surface area contributed by atoms with Crippen molar-refractivity contribution in [3.8, 4) is 0 Å². The van der Waals surface area contributed by atoms with Crippen LogP contribution in [-0.4, -0.2) is 139 Å². The first-order chi connectivity index (χ1) is 3.42. The van der Waals surface area contributed by atoms with Crippen LogP contribution in [0.15, 0.2) is 0 Å². The Labute approximate surface area is 160 Å². The predicted molar refractivity (Wildman–Crippen MR) is 53.4 cm³/mol. The Kier molecular flexibility index (Phi) is 37.4. The summed E-state index contributed by atoms with van der Waals surface area (Å²) in [4.78, 5) is 15.8. The number of phosphoric acid groups is 1. The van der Waals surface area contributed by atoms with Crippen molar-refractivity contribution in [2.45, 2.75) is 13.2 Å². The molecule has 0 aromatic rings. The summed E-state index contributed by atoms with van der Waals surface area (Å²) in [6.45, 7) is 1.11. The third kappa shape index (κ3) is 29.2. The number of aliphatic hydroxyl groups excluding tert-OH is 1. The van der Waals surface area contributed by atoms with Crippen LogP contribution in [0.1, 0.15) is 6.92 Å². The van der Waals surface area contributed by atoms with Crippen molar-refractivity contribution in [1.82, 2.24) is 0 Å². The van der Waals surface area contributed by atoms with E-state index in [-0.39, 0.29) is 118 Å². The molecule has 0 fully saturated rings. The van der Waals surface area contributed by atoms with Gasteiger partial charge in [0.1, 0.15) is 0 Å². The molecule has 0 aliphatic heterocycles. The number of aliphatic hydroxyl groups is 1. The van der Waals surface area contributed by atoms with Gasteiger partial charge >= 0.3 is 126 Å². The Bertz CT molecular complexity index is 114. The van der Waals surface area contributed by atoms with Gasteiger partial charge in [-0.15, -0.1) is 0 Å². The quantitative estimate of drug-likeness (QED) is 0.268. The summed E-state index contributed by atoms with van der Waals surface area (Å²) < 4.78 is 13.4. The third-order valence-electron chi connectivity index (χ3n) is 0.290. The van der Waals surface area contributed by atoms with E-state index >= 15 is 0 Å². The van der Waals surface area contributed by atoms with Gasteiger partial charge in [0.25, 0.3) is 0 Å². The van der Waals surface area contributed by atoms with Gasteiger partial charge in [-0.05, 0) is 6.92 Å². The van der Waals surface area contributed by atoms with Crippen molar-refractivity contribution in [2.75, 3.05) is 0 Å². The third-order valence-corrected chi connectivity index (χ3v) is 0.870. The average molecular weight is 238 g/mol. The standard InChI is InChI=1S/C2H7O5P.4Na.4H/c1-2(3)7-8(4,5)6;;;;;;;;/h2-3H,1H3,(H2,4,5,6);;;;;;;;. The van der Waals surface area contributed by atoms with Crippen LogP contribution in [0.4, 0.5) is 0 Å². The van der Waals surface area contributed by atoms with Crippen LogP contribution in [-0.2, 0) is 9.09 Å². The van der Waals surface area contributed by atoms with E-state index in [1.807, 2.05) is 0 Å². The Morgan fingerprint density at radius 1 is 1.17 bits per heavy atom. The molecule has 0 rings (SSSR count). The van der Waals surface area contributed by atoms with E-state index in [4.69, 9.17) is 14.9 Å². The van der Waals surface area contributed by atoms with Crippen molar-refractivity contribution >= 4 is 126 Å². The molecule has 0 radical (unpaired) electrons. The van der Waals surface area contributed by atoms with E-state index in [0.717, 1.165) is 6.92 Å². The molecule has 0 spiro atoms. The van der Waals surface area contributed by atoms with Gasteiger partial charge in [-0.2, -0.15) is 0 Å². The Balaban J connectivity index is -0.0000000408. The van der Waals surface area contributed by atoms with Crippen molar-refractivity contribution in [3.05, 3.63) is 0 Å². The van der Waals surface area contributed by atoms with Gasteiger partial charge in [0.05, 0.1) is 0 Å². The van der Waals surface area contributed by atoms with Crippen LogP contribution in [0.5, 0.6) is 0 Å². The Morgan fingerprint density at radius 3 is 1.42 bits per heavy atom. The van der Waals surface area contributed by atoms with Gasteiger partial charge in [-0.3, -0.25) is 4.52 Å². The molecule has 1 atom stereocenters. The summed E-state index contributed by atoms with van der Waals surface area (Å²) in [6, 6.07) is 0. The van der Waals surface area contributed by atoms with Gasteiger partial charge < -0.3 is 14.9 Å². The second kappa shape index (κ2) is 15.1. The molecule has 0 saturated carbocycles. The molecule has 0 aliphatic carbocycles. The molecule has 3 N–H and O–H groups in total. The molecular formula is C2H11Na4O5P. The minimum absolute atomic E-state index is 0. The maximum atomic E-state index is 9.75. The predicted octanol–water partition coefficient (Wildman–Crippen LogP) is -3.16. The van der Waals surface area contributed by atoms with Gasteiger partial charge in [0, 0.05) is 0 Å². The van der Waals surface area contributed by atoms with Crippen LogP contribution in [0.3, 0.4) is 0 Å². The first-order valence-electron chi connectivity index (χ1n) is 1.84. The van der Waals surface area contributed by atoms with Crippen molar-refractivity contribution in [1.29, 1.82) is 0 Å². The first kappa shape index (κ1) is 29.8. The van der Waals surface area contributed by atoms with E-state index in [1.165, 1.54) is 0 Å². The van der Waals surface area contributed by atoms with Crippen LogP contribution in [0, 0.1) is 0 Å². The number of phosphoric ester groups is 1. The second-order valence-electron chi connectivity index (χ2n) is 1.20. The monoisotopic (exact) mass is 238 g/mol. The summed E-state index contributed by atoms with van der Waals surface area (Å²) in [5.74, 6) is 0. The molecule has 0 amide bonds. The zero-order chi connectivity index (χ0) is 6.78. The molecule has 1 unspecified atom stereocenters. The zero-order valence-corrected chi connectivity index (χ0v) is 5.08. The van der Waals surface area contributed by atoms with E-state index in [0.29, 0.717) is 0 Å². The first-order valence-corrected chi connectivity index (χ1v) is 3.37. The Morgan fingerprint density at radius 2 is 1.42 bits per heavy atom. The van der Waals surface area contributed by atoms with E-state index in [2.05, 4.69) is 4.52 Å². The van der Waals surface area contributed by atoms with Crippen LogP contribution < -0.4 is 0 Å². The van der Waals surface area contributed by atoms with Crippen molar-refractivity contribution in [2.24, 2.45) is 0 Å². The Hall–Kier alpha value is 4.07. The minimum atomic E-state index is -4.47. The average Bonchev–Trinajstić information content (AvgIpc) is 1.21. The van der Waals surface area contributed by atoms with Gasteiger partial charge in [0.15, 0.2) is 6.29 Å². The summed E-state index contributed by atoms with van der Waals surface area (Å²) in [6.07, 6.45) is -1.42. The molecular weight excluding hydrogens is 227 g/mol. The second-order valence-corrected chi connectivity index (χ2v) is 2.39. The molecule has 5 nitrogen and oxygen atoms in total. The van der Waals surface area contributed by atoms with Crippen molar-refractivity contribution in [3.63, 3.8) is 0 Å². The topological polar surface area (TPSA) is 87.0 Å². The van der Waals surface area contributed by atoms with Crippen LogP contribution in [0.25, 0.3) is 0 Å². The fourth-order valence-electron chi connectivity index (χ4n) is 0.199. The molecule has 58 valence electrons. The van der Waals surface area contributed by atoms with Gasteiger partial charge in [-0.25, -0.2) is 4.57 Å². The van der Waals surface area contributed by atoms with E-state index in [1.54, 1.807) is 0 Å². The molecule has 0 aromatic heterocycles. The fourth-order valence-corrected chi connectivity index (χ4v) is 0.596. The molecule has 10 heteroatoms. The molecule has 0 heterocycles. The molecule has 0 aliphatic rings. The van der Waals surface area contributed by atoms with Crippen LogP contribution >= 0.6 is 7.82 Å². The van der Waals surface area contributed by atoms with Crippen molar-refractivity contribution < 1.29 is 24.0 Å². The van der Waals surface area contributed by atoms with E-state index < -0.39 is 14.1 Å². The van der Waals surface area contributed by atoms with Gasteiger partial charge in [-0.1, -0.05) is 0 Å². The summed E-state index contributed by atoms with van der Waals surface area (Å²) in [5, 5.41) is 8.17. The molecule has 0 saturated heterocycles. The molecule has 12 heavy (non-hydrogen) atoms. The van der Waals surface area contributed by atoms with Crippen LogP contribution in [0.2, 0.25) is 0 Å². The molecule has 0 bridgehead atoms. The summed E-state index contributed by atoms with van der Waals surface area (Å²) in [7, 11) is -4.47. The van der Waals surface area contributed by atoms with Gasteiger partial charge in [0.2, 0.25) is 0 Å². The zero-order valence-electron chi connectivity index (χ0n) is 4.18. The van der Waals surface area contributed by atoms with E-state index in [9.17, 15) is 4.57 Å². The number of hydrogen-bond acceptors (Lipinski definition) is 3. The molecule has 0 aromatic carbocycles.